The predicted octanol–water partition coefficient (Wildman–Crippen LogP) is -6.09. The Morgan fingerprint density at radius 3 is 2.03 bits per heavy atom. The molecule has 0 fully saturated rings. The zero-order valence-corrected chi connectivity index (χ0v) is 29.3. The van der Waals surface area contributed by atoms with E-state index in [-0.39, 0.29) is 167 Å². The van der Waals surface area contributed by atoms with Crippen molar-refractivity contribution in [3.05, 3.63) is 58.1 Å². The Hall–Kier alpha value is 3.79. The molecule has 1 unspecified atom stereocenters. The molecule has 0 amide bonds. The van der Waals surface area contributed by atoms with Crippen LogP contribution in [0.4, 0.5) is 0 Å². The molecular weight excluding hydrogens is 555 g/mol. The molecule has 0 aliphatic heterocycles. The normalized spacial score (nSPS) is 12.0. The van der Waals surface area contributed by atoms with Crippen molar-refractivity contribution in [1.29, 1.82) is 0 Å². The van der Waals surface area contributed by atoms with E-state index in [0.29, 0.717) is 27.1 Å². The second-order valence-electron chi connectivity index (χ2n) is 5.73. The summed E-state index contributed by atoms with van der Waals surface area (Å²) in [5.41, 5.74) is 0.703. The van der Waals surface area contributed by atoms with Crippen LogP contribution < -0.4 is 169 Å². The summed E-state index contributed by atoms with van der Waals surface area (Å²) in [5.74, 6) is 0.873. The average molecular weight is 570 g/mol. The minimum atomic E-state index is -5.53. The molecule has 0 saturated heterocycles. The van der Waals surface area contributed by atoms with Crippen LogP contribution in [0.5, 0.6) is 11.5 Å². The van der Waals surface area contributed by atoms with Crippen molar-refractivity contribution < 1.29 is 186 Å². The molecule has 2 aromatic carbocycles. The van der Waals surface area contributed by atoms with Crippen LogP contribution in [0.1, 0.15) is 18.4 Å². The van der Waals surface area contributed by atoms with Gasteiger partial charge in [-0.05, 0) is 55.2 Å². The molecule has 0 spiro atoms. The summed E-state index contributed by atoms with van der Waals surface area (Å²) >= 11 is 11.8. The van der Waals surface area contributed by atoms with Gasteiger partial charge in [-0.25, -0.2) is 8.42 Å². The maximum absolute atomic E-state index is 11.0. The molecule has 2 aromatic rings. The Bertz CT molecular complexity index is 953. The van der Waals surface area contributed by atoms with Crippen LogP contribution in [0, 0.1) is 0 Å². The number of hydrogen-bond donors (Lipinski definition) is 0. The van der Waals surface area contributed by atoms with Crippen molar-refractivity contribution in [3.63, 3.8) is 0 Å². The Morgan fingerprint density at radius 1 is 0.967 bits per heavy atom. The third-order valence-corrected chi connectivity index (χ3v) is 7.42. The maximum atomic E-state index is 11.0. The van der Waals surface area contributed by atoms with Gasteiger partial charge in [-0.3, -0.25) is 0 Å². The van der Waals surface area contributed by atoms with Crippen molar-refractivity contribution in [3.8, 4) is 11.5 Å². The second kappa shape index (κ2) is 16.5. The minimum absolute atomic E-state index is 0. The third kappa shape index (κ3) is 13.2. The molecule has 7 nitrogen and oxygen atoms in total. The summed E-state index contributed by atoms with van der Waals surface area (Å²) in [6.45, 7) is 0. The quantitative estimate of drug-likeness (QED) is 0.176. The fourth-order valence-corrected chi connectivity index (χ4v) is 5.15. The van der Waals surface area contributed by atoms with Crippen LogP contribution >= 0.6 is 30.8 Å². The standard InChI is InChI=1S/C16H17Cl2O7PS.3K/c17-12-8-13(18)10-15(9-12)25-14-5-1-3-11(7-14)4-2-6-16(26(19,20)21)27(22,23)24;;;/h1,3,5,7-10,16H,2,4,6H2,(H2,19,20,21)(H,22,23,24);;;/q;3*+1/p-3. The van der Waals surface area contributed by atoms with Crippen molar-refractivity contribution in [2.45, 2.75) is 24.3 Å². The molecule has 0 N–H and O–H groups in total. The Morgan fingerprint density at radius 2 is 1.53 bits per heavy atom. The van der Waals surface area contributed by atoms with Gasteiger partial charge in [0.2, 0.25) is 0 Å². The van der Waals surface area contributed by atoms with Gasteiger partial charge in [0.1, 0.15) is 21.6 Å². The second-order valence-corrected chi connectivity index (χ2v) is 10.2. The molecule has 30 heavy (non-hydrogen) atoms. The zero-order valence-electron chi connectivity index (χ0n) is 16.7. The number of ether oxygens (including phenoxy) is 1. The van der Waals surface area contributed by atoms with Crippen LogP contribution in [0.3, 0.4) is 0 Å². The van der Waals surface area contributed by atoms with E-state index in [1.807, 2.05) is 0 Å². The fraction of sp³-hybridized carbons (Fsp3) is 0.250. The van der Waals surface area contributed by atoms with Gasteiger partial charge >= 0.3 is 154 Å². The van der Waals surface area contributed by atoms with E-state index in [0.717, 1.165) is 0 Å². The van der Waals surface area contributed by atoms with Crippen LogP contribution in [-0.4, -0.2) is 18.0 Å². The third-order valence-electron chi connectivity index (χ3n) is 3.57. The number of benzene rings is 2. The van der Waals surface area contributed by atoms with Crippen molar-refractivity contribution in [2.24, 2.45) is 0 Å². The van der Waals surface area contributed by atoms with Gasteiger partial charge in [0, 0.05) is 10.0 Å². The molecule has 0 heterocycles. The molecule has 148 valence electrons. The minimum Gasteiger partial charge on any atom is -0.810 e. The molecule has 14 heteroatoms. The molecule has 2 rings (SSSR count). The SMILES string of the molecule is O=P([O-])([O-])C(CCCc1cccc(Oc2cc(Cl)cc(Cl)c2)c1)S(=O)(=O)[O-].[K+].[K+].[K+]. The molecule has 0 saturated carbocycles. The first-order chi connectivity index (χ1) is 12.4. The Labute approximate surface area is 313 Å². The van der Waals surface area contributed by atoms with E-state index < -0.39 is 29.1 Å². The monoisotopic (exact) mass is 568 g/mol. The van der Waals surface area contributed by atoms with E-state index in [1.54, 1.807) is 42.5 Å². The number of aryl methyl sites for hydroxylation is 1. The fourth-order valence-electron chi connectivity index (χ4n) is 2.43. The van der Waals surface area contributed by atoms with Gasteiger partial charge in [-0.15, -0.1) is 0 Å². The van der Waals surface area contributed by atoms with Crippen molar-refractivity contribution in [1.82, 2.24) is 0 Å². The molecule has 0 aromatic heterocycles. The summed E-state index contributed by atoms with van der Waals surface area (Å²) in [6.07, 6.45) is -0.294. The smallest absolute Gasteiger partial charge is 0.810 e. The van der Waals surface area contributed by atoms with E-state index in [1.165, 1.54) is 0 Å². The number of halogens is 2. The molecular formula is C16H14Cl2K3O7PS. The van der Waals surface area contributed by atoms with Gasteiger partial charge in [-0.1, -0.05) is 42.9 Å². The number of rotatable bonds is 8. The zero-order chi connectivity index (χ0) is 20.2. The van der Waals surface area contributed by atoms with Crippen molar-refractivity contribution >= 4 is 40.9 Å². The van der Waals surface area contributed by atoms with Gasteiger partial charge in [0.05, 0.1) is 4.99 Å². The summed E-state index contributed by atoms with van der Waals surface area (Å²) in [5, 5.41) is 0.802. The Kier molecular flexibility index (Phi) is 19.8. The number of hydrogen-bond acceptors (Lipinski definition) is 7. The molecule has 0 radical (unpaired) electrons. The van der Waals surface area contributed by atoms with Crippen LogP contribution in [0.15, 0.2) is 42.5 Å². The summed E-state index contributed by atoms with van der Waals surface area (Å²) in [6, 6.07) is 11.4. The van der Waals surface area contributed by atoms with Gasteiger partial charge in [0.25, 0.3) is 0 Å². The summed E-state index contributed by atoms with van der Waals surface area (Å²) in [4.78, 5) is 19.5. The van der Waals surface area contributed by atoms with E-state index in [4.69, 9.17) is 27.9 Å². The van der Waals surface area contributed by atoms with E-state index >= 15 is 0 Å². The molecule has 0 aliphatic carbocycles. The first-order valence-corrected chi connectivity index (χ1v) is 11.5. The van der Waals surface area contributed by atoms with E-state index in [9.17, 15) is 27.3 Å². The van der Waals surface area contributed by atoms with Gasteiger partial charge in [-0.2, -0.15) is 0 Å². The maximum Gasteiger partial charge on any atom is 1.00 e. The van der Waals surface area contributed by atoms with E-state index in [2.05, 4.69) is 0 Å². The molecule has 1 atom stereocenters. The predicted molar refractivity (Wildman–Crippen MR) is 97.0 cm³/mol. The topological polar surface area (TPSA) is 130 Å². The van der Waals surface area contributed by atoms with Gasteiger partial charge < -0.3 is 23.6 Å². The van der Waals surface area contributed by atoms with Gasteiger partial charge in [0.15, 0.2) is 0 Å². The summed E-state index contributed by atoms with van der Waals surface area (Å²) < 4.78 is 49.5. The molecule has 0 aliphatic rings. The van der Waals surface area contributed by atoms with Crippen molar-refractivity contribution in [2.75, 3.05) is 0 Å². The van der Waals surface area contributed by atoms with Crippen LogP contribution in [-0.2, 0) is 21.1 Å². The largest absolute Gasteiger partial charge is 1.00 e. The van der Waals surface area contributed by atoms with Crippen LogP contribution in [0.25, 0.3) is 0 Å². The Balaban J connectivity index is 0. The first-order valence-electron chi connectivity index (χ1n) is 7.64. The average Bonchev–Trinajstić information content (AvgIpc) is 2.48. The van der Waals surface area contributed by atoms with Crippen LogP contribution in [0.2, 0.25) is 10.0 Å². The summed E-state index contributed by atoms with van der Waals surface area (Å²) in [7, 11) is -10.8. The molecule has 0 bridgehead atoms. The first kappa shape index (κ1) is 35.9.